The Kier molecular flexibility index (Phi) is 3.60. The minimum atomic E-state index is -0.225. The number of fused-ring (bicyclic) bond motifs is 3. The van der Waals surface area contributed by atoms with Crippen LogP contribution in [0.5, 0.6) is 5.75 Å². The second-order valence-electron chi connectivity index (χ2n) is 7.38. The maximum Gasteiger partial charge on any atom is 0.342 e. The van der Waals surface area contributed by atoms with Crippen molar-refractivity contribution in [2.24, 2.45) is 0 Å². The van der Waals surface area contributed by atoms with Crippen LogP contribution < -0.4 is 4.74 Å². The Bertz CT molecular complexity index is 615. The zero-order valence-corrected chi connectivity index (χ0v) is 14.1. The fourth-order valence-corrected chi connectivity index (χ4v) is 4.42. The highest BCUT2D eigenvalue weighted by Gasteiger charge is 2.40. The summed E-state index contributed by atoms with van der Waals surface area (Å²) in [6.45, 7) is 4.19. The first kappa shape index (κ1) is 15.0. The van der Waals surface area contributed by atoms with Gasteiger partial charge in [0.2, 0.25) is 0 Å². The number of esters is 1. The third kappa shape index (κ3) is 2.44. The van der Waals surface area contributed by atoms with Crippen molar-refractivity contribution in [3.05, 3.63) is 29.3 Å². The third-order valence-corrected chi connectivity index (χ3v) is 6.09. The molecule has 124 valence electrons. The van der Waals surface area contributed by atoms with Gasteiger partial charge in [0, 0.05) is 36.4 Å². The van der Waals surface area contributed by atoms with Gasteiger partial charge in [-0.25, -0.2) is 4.79 Å². The van der Waals surface area contributed by atoms with Crippen molar-refractivity contribution in [2.45, 2.75) is 69.7 Å². The molecule has 0 saturated carbocycles. The van der Waals surface area contributed by atoms with Crippen LogP contribution in [0.15, 0.2) is 18.2 Å². The van der Waals surface area contributed by atoms with Crippen LogP contribution in [-0.4, -0.2) is 42.2 Å². The van der Waals surface area contributed by atoms with Crippen LogP contribution >= 0.6 is 0 Å². The summed E-state index contributed by atoms with van der Waals surface area (Å²) in [5, 5.41) is 0. The van der Waals surface area contributed by atoms with Crippen LogP contribution in [0.1, 0.15) is 61.4 Å². The zero-order chi connectivity index (χ0) is 16.1. The van der Waals surface area contributed by atoms with Crippen molar-refractivity contribution in [1.29, 1.82) is 0 Å². The van der Waals surface area contributed by atoms with E-state index < -0.39 is 0 Å². The number of nitrogens with zero attached hydrogens (tertiary/aromatic N) is 1. The Balaban J connectivity index is 1.51. The van der Waals surface area contributed by atoms with Gasteiger partial charge in [0.15, 0.2) is 0 Å². The minimum absolute atomic E-state index is 0.0447. The van der Waals surface area contributed by atoms with Gasteiger partial charge in [-0.05, 0) is 32.9 Å². The average Bonchev–Trinajstić information content (AvgIpc) is 2.92. The molecule has 0 spiro atoms. The van der Waals surface area contributed by atoms with Crippen molar-refractivity contribution >= 4 is 5.97 Å². The molecule has 23 heavy (non-hydrogen) atoms. The average molecular weight is 315 g/mol. The summed E-state index contributed by atoms with van der Waals surface area (Å²) in [4.78, 5) is 15.1. The molecule has 2 fully saturated rings. The number of carbonyl (C=O) groups is 1. The Morgan fingerprint density at radius 3 is 2.61 bits per heavy atom. The number of benzene rings is 1. The van der Waals surface area contributed by atoms with Crippen LogP contribution in [0.2, 0.25) is 0 Å². The van der Waals surface area contributed by atoms with E-state index in [1.807, 2.05) is 12.1 Å². The van der Waals surface area contributed by atoms with Crippen LogP contribution in [0.3, 0.4) is 0 Å². The quantitative estimate of drug-likeness (QED) is 0.785. The van der Waals surface area contributed by atoms with Gasteiger partial charge in [0.25, 0.3) is 0 Å². The summed E-state index contributed by atoms with van der Waals surface area (Å²) in [5.74, 6) is 0.822. The second-order valence-corrected chi connectivity index (χ2v) is 7.38. The van der Waals surface area contributed by atoms with Crippen molar-refractivity contribution < 1.29 is 14.3 Å². The normalized spacial score (nSPS) is 35.7. The number of carbonyl (C=O) groups excluding carboxylic acids is 1. The largest absolute Gasteiger partial charge is 0.489 e. The SMILES string of the molecule is C[C@@H]1c2cccc(C(=O)OC3C[C@H]4CC[C@@H](C3)N4C)c2O[C@@H]1C. The molecule has 5 atom stereocenters. The number of hydrogen-bond acceptors (Lipinski definition) is 4. The summed E-state index contributed by atoms with van der Waals surface area (Å²) in [6.07, 6.45) is 4.53. The lowest BCUT2D eigenvalue weighted by Gasteiger charge is -2.35. The first-order valence-corrected chi connectivity index (χ1v) is 8.77. The Morgan fingerprint density at radius 2 is 1.91 bits per heavy atom. The maximum atomic E-state index is 12.7. The smallest absolute Gasteiger partial charge is 0.342 e. The highest BCUT2D eigenvalue weighted by atomic mass is 16.5. The molecule has 0 aromatic heterocycles. The summed E-state index contributed by atoms with van der Waals surface area (Å²) >= 11 is 0. The lowest BCUT2D eigenvalue weighted by Crippen LogP contribution is -2.43. The second kappa shape index (κ2) is 5.52. The zero-order valence-electron chi connectivity index (χ0n) is 14.1. The molecular formula is C19H25NO3. The van der Waals surface area contributed by atoms with Gasteiger partial charge in [-0.1, -0.05) is 19.1 Å². The van der Waals surface area contributed by atoms with Crippen molar-refractivity contribution in [3.63, 3.8) is 0 Å². The standard InChI is InChI=1S/C19H25NO3/c1-11-12(2)22-18-16(11)5-4-6-17(18)19(21)23-15-9-13-7-8-14(10-15)20(13)3/h4-6,11-15H,7-10H2,1-3H3/t11-,12+,13-,14+,15?/m0/s1. The number of piperidine rings is 1. The van der Waals surface area contributed by atoms with Crippen LogP contribution in [-0.2, 0) is 4.74 Å². The third-order valence-electron chi connectivity index (χ3n) is 6.09. The molecule has 4 heteroatoms. The summed E-state index contributed by atoms with van der Waals surface area (Å²) < 4.78 is 11.8. The molecule has 2 bridgehead atoms. The van der Waals surface area contributed by atoms with Crippen LogP contribution in [0.4, 0.5) is 0 Å². The highest BCUT2D eigenvalue weighted by molar-refractivity contribution is 5.93. The van der Waals surface area contributed by atoms with Crippen LogP contribution in [0, 0.1) is 0 Å². The molecule has 4 nitrogen and oxygen atoms in total. The van der Waals surface area contributed by atoms with Crippen molar-refractivity contribution in [2.75, 3.05) is 7.05 Å². The van der Waals surface area contributed by atoms with E-state index >= 15 is 0 Å². The molecule has 4 rings (SSSR count). The summed E-state index contributed by atoms with van der Waals surface area (Å²) in [6, 6.07) is 6.96. The fraction of sp³-hybridized carbons (Fsp3) is 0.632. The van der Waals surface area contributed by atoms with Crippen molar-refractivity contribution in [3.8, 4) is 5.75 Å². The van der Waals surface area contributed by atoms with Crippen LogP contribution in [0.25, 0.3) is 0 Å². The Hall–Kier alpha value is -1.55. The minimum Gasteiger partial charge on any atom is -0.489 e. The lowest BCUT2D eigenvalue weighted by atomic mass is 9.97. The van der Waals surface area contributed by atoms with Gasteiger partial charge in [0.05, 0.1) is 0 Å². The number of ether oxygens (including phenoxy) is 2. The first-order valence-electron chi connectivity index (χ1n) is 8.77. The molecule has 0 N–H and O–H groups in total. The molecule has 1 aromatic rings. The Morgan fingerprint density at radius 1 is 1.22 bits per heavy atom. The van der Waals surface area contributed by atoms with Gasteiger partial charge in [0.1, 0.15) is 23.5 Å². The van der Waals surface area contributed by atoms with Gasteiger partial charge in [-0.3, -0.25) is 0 Å². The van der Waals surface area contributed by atoms with E-state index in [1.165, 1.54) is 12.8 Å². The highest BCUT2D eigenvalue weighted by Crippen LogP contribution is 2.41. The van der Waals surface area contributed by atoms with E-state index in [4.69, 9.17) is 9.47 Å². The predicted octanol–water partition coefficient (Wildman–Crippen LogP) is 3.35. The first-order chi connectivity index (χ1) is 11.0. The molecule has 1 unspecified atom stereocenters. The van der Waals surface area contributed by atoms with Gasteiger partial charge >= 0.3 is 5.97 Å². The molecule has 0 amide bonds. The Labute approximate surface area is 137 Å². The molecular weight excluding hydrogens is 290 g/mol. The number of rotatable bonds is 2. The topological polar surface area (TPSA) is 38.8 Å². The summed E-state index contributed by atoms with van der Waals surface area (Å²) in [5.41, 5.74) is 1.71. The van der Waals surface area contributed by atoms with E-state index in [-0.39, 0.29) is 18.2 Å². The molecule has 3 heterocycles. The van der Waals surface area contributed by atoms with Gasteiger partial charge in [-0.15, -0.1) is 0 Å². The summed E-state index contributed by atoms with van der Waals surface area (Å²) in [7, 11) is 2.20. The molecule has 3 aliphatic rings. The maximum absolute atomic E-state index is 12.7. The van der Waals surface area contributed by atoms with E-state index in [0.29, 0.717) is 23.6 Å². The van der Waals surface area contributed by atoms with E-state index in [0.717, 1.165) is 24.2 Å². The van der Waals surface area contributed by atoms with E-state index in [1.54, 1.807) is 0 Å². The molecule has 1 aromatic carbocycles. The number of hydrogen-bond donors (Lipinski definition) is 0. The monoisotopic (exact) mass is 315 g/mol. The van der Waals surface area contributed by atoms with E-state index in [2.05, 4.69) is 31.9 Å². The predicted molar refractivity (Wildman–Crippen MR) is 88.0 cm³/mol. The molecule has 3 aliphatic heterocycles. The van der Waals surface area contributed by atoms with Gasteiger partial charge < -0.3 is 14.4 Å². The fourth-order valence-electron chi connectivity index (χ4n) is 4.42. The molecule has 0 radical (unpaired) electrons. The lowest BCUT2D eigenvalue weighted by molar-refractivity contribution is -0.000761. The number of para-hydroxylation sites is 1. The van der Waals surface area contributed by atoms with E-state index in [9.17, 15) is 4.79 Å². The van der Waals surface area contributed by atoms with Gasteiger partial charge in [-0.2, -0.15) is 0 Å². The molecule has 2 saturated heterocycles. The van der Waals surface area contributed by atoms with Crippen molar-refractivity contribution in [1.82, 2.24) is 4.90 Å². The molecule has 0 aliphatic carbocycles.